The average molecular weight is 330 g/mol. The number of hydrogen-bond acceptors (Lipinski definition) is 5. The number of aliphatic hydroxyl groups is 1. The number of piperidine rings is 1. The number of aromatic nitrogens is 1. The number of benzene rings is 1. The molecule has 3 rings (SSSR count). The Labute approximate surface area is 143 Å². The van der Waals surface area contributed by atoms with Gasteiger partial charge < -0.3 is 19.5 Å². The van der Waals surface area contributed by atoms with E-state index in [-0.39, 0.29) is 6.10 Å². The van der Waals surface area contributed by atoms with Crippen LogP contribution in [0.2, 0.25) is 0 Å². The van der Waals surface area contributed by atoms with Gasteiger partial charge in [0.15, 0.2) is 11.5 Å². The lowest BCUT2D eigenvalue weighted by atomic mass is 9.91. The van der Waals surface area contributed by atoms with E-state index in [1.54, 1.807) is 14.2 Å². The second kappa shape index (κ2) is 7.26. The molecular weight excluding hydrogens is 304 g/mol. The van der Waals surface area contributed by atoms with Crippen molar-refractivity contribution in [3.8, 4) is 11.5 Å². The largest absolute Gasteiger partial charge is 0.493 e. The first-order valence-electron chi connectivity index (χ1n) is 8.56. The number of methoxy groups -OCH3 is 2. The topological polar surface area (TPSA) is 54.8 Å². The van der Waals surface area contributed by atoms with Crippen molar-refractivity contribution in [2.75, 3.05) is 32.2 Å². The summed E-state index contributed by atoms with van der Waals surface area (Å²) in [6, 6.07) is 6.01. The summed E-state index contributed by atoms with van der Waals surface area (Å²) in [6.45, 7) is 3.89. The normalized spacial score (nSPS) is 17.1. The van der Waals surface area contributed by atoms with E-state index < -0.39 is 0 Å². The van der Waals surface area contributed by atoms with Gasteiger partial charge in [0.2, 0.25) is 0 Å². The summed E-state index contributed by atoms with van der Waals surface area (Å²) in [7, 11) is 3.29. The minimum Gasteiger partial charge on any atom is -0.493 e. The van der Waals surface area contributed by atoms with Crippen molar-refractivity contribution in [2.45, 2.75) is 32.3 Å². The van der Waals surface area contributed by atoms with Crippen LogP contribution in [0.1, 0.15) is 26.2 Å². The molecular formula is C19H26N2O3. The van der Waals surface area contributed by atoms with E-state index in [1.807, 2.05) is 25.3 Å². The Morgan fingerprint density at radius 2 is 1.88 bits per heavy atom. The monoisotopic (exact) mass is 330 g/mol. The van der Waals surface area contributed by atoms with Gasteiger partial charge in [0.25, 0.3) is 0 Å². The molecule has 0 saturated carbocycles. The van der Waals surface area contributed by atoms with Crippen LogP contribution in [0.3, 0.4) is 0 Å². The summed E-state index contributed by atoms with van der Waals surface area (Å²) < 4.78 is 10.8. The van der Waals surface area contributed by atoms with Crippen LogP contribution in [0.5, 0.6) is 11.5 Å². The molecule has 2 aromatic rings. The van der Waals surface area contributed by atoms with Crippen LogP contribution in [0.4, 0.5) is 5.69 Å². The summed E-state index contributed by atoms with van der Waals surface area (Å²) in [4.78, 5) is 6.89. The van der Waals surface area contributed by atoms with Crippen molar-refractivity contribution < 1.29 is 14.6 Å². The highest BCUT2D eigenvalue weighted by Gasteiger charge is 2.22. The number of nitrogens with zero attached hydrogens (tertiary/aromatic N) is 2. The first-order chi connectivity index (χ1) is 11.6. The fourth-order valence-corrected chi connectivity index (χ4v) is 3.63. The van der Waals surface area contributed by atoms with Gasteiger partial charge in [-0.3, -0.25) is 4.98 Å². The lowest BCUT2D eigenvalue weighted by Gasteiger charge is -2.34. The first-order valence-corrected chi connectivity index (χ1v) is 8.56. The Balaban J connectivity index is 1.87. The SMILES string of the molecule is COc1cc2nccc(N3CCC(CC(C)O)CC3)c2cc1OC. The quantitative estimate of drug-likeness (QED) is 0.912. The van der Waals surface area contributed by atoms with Crippen molar-refractivity contribution >= 4 is 16.6 Å². The van der Waals surface area contributed by atoms with Crippen LogP contribution in [0.15, 0.2) is 24.4 Å². The zero-order valence-corrected chi connectivity index (χ0v) is 14.7. The van der Waals surface area contributed by atoms with Crippen LogP contribution in [0.25, 0.3) is 10.9 Å². The smallest absolute Gasteiger partial charge is 0.162 e. The standard InChI is InChI=1S/C19H26N2O3/c1-13(22)10-14-5-8-21(9-6-14)17-4-7-20-16-12-19(24-3)18(23-2)11-15(16)17/h4,7,11-14,22H,5-6,8-10H2,1-3H3. The molecule has 2 heterocycles. The van der Waals surface area contributed by atoms with E-state index in [2.05, 4.69) is 16.0 Å². The Morgan fingerprint density at radius 1 is 1.21 bits per heavy atom. The molecule has 0 bridgehead atoms. The molecule has 1 atom stereocenters. The number of aliphatic hydroxyl groups excluding tert-OH is 1. The van der Waals surface area contributed by atoms with Crippen molar-refractivity contribution in [3.05, 3.63) is 24.4 Å². The molecule has 0 amide bonds. The van der Waals surface area contributed by atoms with Crippen molar-refractivity contribution in [2.24, 2.45) is 5.92 Å². The average Bonchev–Trinajstić information content (AvgIpc) is 2.60. The Hall–Kier alpha value is -2.01. The minimum absolute atomic E-state index is 0.208. The zero-order valence-electron chi connectivity index (χ0n) is 14.7. The zero-order chi connectivity index (χ0) is 17.1. The van der Waals surface area contributed by atoms with Crippen LogP contribution in [-0.2, 0) is 0 Å². The third-order valence-electron chi connectivity index (χ3n) is 4.85. The number of rotatable bonds is 5. The van der Waals surface area contributed by atoms with Crippen LogP contribution >= 0.6 is 0 Å². The molecule has 130 valence electrons. The van der Waals surface area contributed by atoms with Gasteiger partial charge in [-0.25, -0.2) is 0 Å². The molecule has 1 aliphatic rings. The van der Waals surface area contributed by atoms with Crippen LogP contribution < -0.4 is 14.4 Å². The fourth-order valence-electron chi connectivity index (χ4n) is 3.63. The summed E-state index contributed by atoms with van der Waals surface area (Å²) in [6.07, 6.45) is 4.77. The van der Waals surface area contributed by atoms with Crippen molar-refractivity contribution in [1.29, 1.82) is 0 Å². The molecule has 0 radical (unpaired) electrons. The summed E-state index contributed by atoms with van der Waals surface area (Å²) in [5.74, 6) is 2.04. The number of pyridine rings is 1. The molecule has 5 heteroatoms. The van der Waals surface area contributed by atoms with Crippen molar-refractivity contribution in [1.82, 2.24) is 4.98 Å². The van der Waals surface area contributed by atoms with Crippen LogP contribution in [0, 0.1) is 5.92 Å². The highest BCUT2D eigenvalue weighted by molar-refractivity contribution is 5.94. The summed E-state index contributed by atoms with van der Waals surface area (Å²) >= 11 is 0. The highest BCUT2D eigenvalue weighted by atomic mass is 16.5. The second-order valence-electron chi connectivity index (χ2n) is 6.57. The van der Waals surface area contributed by atoms with Gasteiger partial charge in [-0.1, -0.05) is 0 Å². The highest BCUT2D eigenvalue weighted by Crippen LogP contribution is 2.37. The minimum atomic E-state index is -0.208. The molecule has 1 N–H and O–H groups in total. The molecule has 1 saturated heterocycles. The second-order valence-corrected chi connectivity index (χ2v) is 6.57. The van der Waals surface area contributed by atoms with Gasteiger partial charge in [0.1, 0.15) is 0 Å². The molecule has 5 nitrogen and oxygen atoms in total. The lowest BCUT2D eigenvalue weighted by Crippen LogP contribution is -2.34. The van der Waals surface area contributed by atoms with Crippen molar-refractivity contribution in [3.63, 3.8) is 0 Å². The lowest BCUT2D eigenvalue weighted by molar-refractivity contribution is 0.152. The maximum atomic E-state index is 9.59. The number of anilines is 1. The maximum absolute atomic E-state index is 9.59. The Bertz CT molecular complexity index is 694. The van der Waals surface area contributed by atoms with Gasteiger partial charge in [-0.2, -0.15) is 0 Å². The van der Waals surface area contributed by atoms with Crippen LogP contribution in [-0.4, -0.2) is 43.5 Å². The third-order valence-corrected chi connectivity index (χ3v) is 4.85. The van der Waals surface area contributed by atoms with E-state index in [0.29, 0.717) is 11.7 Å². The van der Waals surface area contributed by atoms with Gasteiger partial charge in [-0.05, 0) is 44.2 Å². The number of ether oxygens (including phenoxy) is 2. The summed E-state index contributed by atoms with van der Waals surface area (Å²) in [5.41, 5.74) is 2.10. The molecule has 1 fully saturated rings. The molecule has 0 aliphatic carbocycles. The predicted octanol–water partition coefficient (Wildman–Crippen LogP) is 3.24. The predicted molar refractivity (Wildman–Crippen MR) is 96.1 cm³/mol. The van der Waals surface area contributed by atoms with E-state index in [1.165, 1.54) is 5.69 Å². The molecule has 1 aromatic heterocycles. The summed E-state index contributed by atoms with van der Waals surface area (Å²) in [5, 5.41) is 10.7. The molecule has 1 unspecified atom stereocenters. The van der Waals surface area contributed by atoms with E-state index in [4.69, 9.17) is 9.47 Å². The van der Waals surface area contributed by atoms with E-state index in [0.717, 1.165) is 49.0 Å². The number of hydrogen-bond donors (Lipinski definition) is 1. The Morgan fingerprint density at radius 3 is 2.50 bits per heavy atom. The molecule has 1 aromatic carbocycles. The molecule has 0 spiro atoms. The van der Waals surface area contributed by atoms with Gasteiger partial charge >= 0.3 is 0 Å². The van der Waals surface area contributed by atoms with E-state index >= 15 is 0 Å². The Kier molecular flexibility index (Phi) is 5.09. The molecule has 24 heavy (non-hydrogen) atoms. The van der Waals surface area contributed by atoms with E-state index in [9.17, 15) is 5.11 Å². The van der Waals surface area contributed by atoms with Gasteiger partial charge in [0.05, 0.1) is 25.8 Å². The number of fused-ring (bicyclic) bond motifs is 1. The van der Waals surface area contributed by atoms with Gasteiger partial charge in [0, 0.05) is 36.4 Å². The first kappa shape index (κ1) is 16.8. The molecule has 1 aliphatic heterocycles. The third kappa shape index (κ3) is 3.41. The van der Waals surface area contributed by atoms with Gasteiger partial charge in [-0.15, -0.1) is 0 Å². The fraction of sp³-hybridized carbons (Fsp3) is 0.526. The maximum Gasteiger partial charge on any atom is 0.162 e.